The summed E-state index contributed by atoms with van der Waals surface area (Å²) in [7, 11) is -11.9. The van der Waals surface area contributed by atoms with Gasteiger partial charge in [0.15, 0.2) is 18.4 Å². The van der Waals surface area contributed by atoms with E-state index in [1.807, 2.05) is 0 Å². The average molecular weight is 551 g/mol. The Kier molecular flexibility index (Phi) is 10.3. The standard InChI is InChI=1S/C11H18O17S4/c1-19-11(12)26-8(2-20-29-21-3-9-5-24-31(15,16)27-9)4-22-30(13,14)23-6-10-7-25-32(17,18)28-10/h8-10H,2-7H2,1H3. The van der Waals surface area contributed by atoms with Gasteiger partial charge in [-0.15, -0.1) is 0 Å². The Labute approximate surface area is 187 Å². The third-order valence-electron chi connectivity index (χ3n) is 3.13. The molecule has 2 aliphatic heterocycles. The maximum Gasteiger partial charge on any atom is 0.508 e. The molecular formula is C11H18O17S4. The molecule has 2 aliphatic rings. The fraction of sp³-hybridized carbons (Fsp3) is 0.909. The molecular weight excluding hydrogens is 532 g/mol. The topological polar surface area (TPSA) is 212 Å². The van der Waals surface area contributed by atoms with E-state index in [1.54, 1.807) is 0 Å². The second-order valence-electron chi connectivity index (χ2n) is 5.63. The fourth-order valence-electron chi connectivity index (χ4n) is 1.81. The van der Waals surface area contributed by atoms with E-state index in [-0.39, 0.29) is 13.2 Å². The van der Waals surface area contributed by atoms with Crippen molar-refractivity contribution in [2.45, 2.75) is 18.3 Å². The van der Waals surface area contributed by atoms with Gasteiger partial charge in [-0.05, 0) is 0 Å². The Hall–Kier alpha value is -0.850. The summed E-state index contributed by atoms with van der Waals surface area (Å²) in [6, 6.07) is 0. The molecule has 3 atom stereocenters. The van der Waals surface area contributed by atoms with Crippen LogP contribution >= 0.6 is 12.3 Å². The molecule has 0 saturated carbocycles. The van der Waals surface area contributed by atoms with Gasteiger partial charge in [-0.2, -0.15) is 25.3 Å². The molecule has 188 valence electrons. The smallest absolute Gasteiger partial charge is 0.438 e. The molecule has 2 rings (SSSR count). The highest BCUT2D eigenvalue weighted by molar-refractivity contribution is 7.89. The Morgan fingerprint density at radius 3 is 2.09 bits per heavy atom. The van der Waals surface area contributed by atoms with Crippen LogP contribution in [-0.4, -0.2) is 96.5 Å². The third kappa shape index (κ3) is 10.4. The van der Waals surface area contributed by atoms with Gasteiger partial charge in [-0.1, -0.05) is 0 Å². The van der Waals surface area contributed by atoms with Gasteiger partial charge >= 0.3 is 37.4 Å². The zero-order valence-electron chi connectivity index (χ0n) is 16.0. The maximum atomic E-state index is 11.8. The summed E-state index contributed by atoms with van der Waals surface area (Å²) in [5.41, 5.74) is 0. The first-order valence-electron chi connectivity index (χ1n) is 8.24. The van der Waals surface area contributed by atoms with Crippen LogP contribution in [0.5, 0.6) is 0 Å². The average Bonchev–Trinajstić information content (AvgIpc) is 3.24. The number of hydrogen-bond acceptors (Lipinski definition) is 18. The van der Waals surface area contributed by atoms with E-state index < -0.39 is 82.1 Å². The number of carbonyl (C=O) groups excluding carboxylic acids is 1. The lowest BCUT2D eigenvalue weighted by Crippen LogP contribution is -2.30. The molecule has 17 nitrogen and oxygen atoms in total. The summed E-state index contributed by atoms with van der Waals surface area (Å²) in [6.45, 7) is -2.85. The van der Waals surface area contributed by atoms with E-state index in [0.717, 1.165) is 7.11 Å². The highest BCUT2D eigenvalue weighted by Gasteiger charge is 2.32. The van der Waals surface area contributed by atoms with Crippen LogP contribution in [0.15, 0.2) is 0 Å². The lowest BCUT2D eigenvalue weighted by Gasteiger charge is -2.16. The van der Waals surface area contributed by atoms with Crippen LogP contribution in [0.3, 0.4) is 0 Å². The summed E-state index contributed by atoms with van der Waals surface area (Å²) >= 11 is 0.377. The highest BCUT2D eigenvalue weighted by Crippen LogP contribution is 2.17. The Balaban J connectivity index is 1.71. The van der Waals surface area contributed by atoms with Crippen molar-refractivity contribution in [3.05, 3.63) is 0 Å². The zero-order valence-corrected chi connectivity index (χ0v) is 19.3. The molecule has 21 heteroatoms. The normalized spacial score (nSPS) is 25.4. The van der Waals surface area contributed by atoms with Crippen LogP contribution in [0.1, 0.15) is 0 Å². The summed E-state index contributed by atoms with van der Waals surface area (Å²) in [4.78, 5) is 11.3. The number of ether oxygens (including phenoxy) is 2. The van der Waals surface area contributed by atoms with Crippen molar-refractivity contribution >= 4 is 49.7 Å². The summed E-state index contributed by atoms with van der Waals surface area (Å²) < 4.78 is 113. The van der Waals surface area contributed by atoms with E-state index in [1.165, 1.54) is 0 Å². The van der Waals surface area contributed by atoms with Gasteiger partial charge in [-0.25, -0.2) is 29.9 Å². The first-order valence-corrected chi connectivity index (χ1v) is 12.9. The number of hydrogen-bond donors (Lipinski definition) is 0. The lowest BCUT2D eigenvalue weighted by molar-refractivity contribution is -0.00249. The van der Waals surface area contributed by atoms with Gasteiger partial charge in [0, 0.05) is 0 Å². The van der Waals surface area contributed by atoms with E-state index in [4.69, 9.17) is 13.1 Å². The molecule has 0 bridgehead atoms. The zero-order chi connectivity index (χ0) is 23.8. The Morgan fingerprint density at radius 2 is 1.56 bits per heavy atom. The minimum Gasteiger partial charge on any atom is -0.438 e. The predicted octanol–water partition coefficient (Wildman–Crippen LogP) is -1.67. The van der Waals surface area contributed by atoms with E-state index in [0.29, 0.717) is 12.3 Å². The first-order chi connectivity index (χ1) is 14.9. The van der Waals surface area contributed by atoms with Gasteiger partial charge in [0.2, 0.25) is 0 Å². The largest absolute Gasteiger partial charge is 0.508 e. The molecule has 3 unspecified atom stereocenters. The van der Waals surface area contributed by atoms with Gasteiger partial charge in [-0.3, -0.25) is 8.37 Å². The van der Waals surface area contributed by atoms with Crippen LogP contribution in [0.2, 0.25) is 0 Å². The van der Waals surface area contributed by atoms with Crippen LogP contribution < -0.4 is 0 Å². The molecule has 0 radical (unpaired) electrons. The van der Waals surface area contributed by atoms with Crippen LogP contribution in [0, 0.1) is 0 Å². The summed E-state index contributed by atoms with van der Waals surface area (Å²) in [5, 5.41) is 0. The van der Waals surface area contributed by atoms with Crippen molar-refractivity contribution in [3.8, 4) is 0 Å². The number of methoxy groups -OCH3 is 1. The van der Waals surface area contributed by atoms with E-state index >= 15 is 0 Å². The molecule has 2 heterocycles. The van der Waals surface area contributed by atoms with Crippen LogP contribution in [0.4, 0.5) is 4.79 Å². The Bertz CT molecular complexity index is 928. The quantitative estimate of drug-likeness (QED) is 0.142. The second kappa shape index (κ2) is 12.0. The molecule has 0 N–H and O–H groups in total. The molecule has 0 spiro atoms. The van der Waals surface area contributed by atoms with Crippen molar-refractivity contribution in [3.63, 3.8) is 0 Å². The SMILES string of the molecule is COC(=O)OC(COSOCC1COS(=O)(=O)O1)COS(=O)(=O)OCC1COS(=O)(=O)O1. The van der Waals surface area contributed by atoms with Crippen LogP contribution in [0.25, 0.3) is 0 Å². The van der Waals surface area contributed by atoms with Gasteiger partial charge in [0.1, 0.15) is 25.4 Å². The number of carbonyl (C=O) groups is 1. The van der Waals surface area contributed by atoms with Gasteiger partial charge < -0.3 is 9.47 Å². The monoisotopic (exact) mass is 550 g/mol. The van der Waals surface area contributed by atoms with E-state index in [2.05, 4.69) is 29.8 Å². The van der Waals surface area contributed by atoms with Gasteiger partial charge in [0.25, 0.3) is 0 Å². The van der Waals surface area contributed by atoms with Crippen molar-refractivity contribution < 1.29 is 73.0 Å². The molecule has 0 amide bonds. The lowest BCUT2D eigenvalue weighted by atomic mass is 10.4. The predicted molar refractivity (Wildman–Crippen MR) is 97.1 cm³/mol. The van der Waals surface area contributed by atoms with Crippen molar-refractivity contribution in [1.29, 1.82) is 0 Å². The molecule has 32 heavy (non-hydrogen) atoms. The number of rotatable bonds is 13. The summed E-state index contributed by atoms with van der Waals surface area (Å²) in [6.07, 6.45) is -4.56. The third-order valence-corrected chi connectivity index (χ3v) is 6.31. The molecule has 0 aliphatic carbocycles. The Morgan fingerprint density at radius 1 is 0.969 bits per heavy atom. The first kappa shape index (κ1) is 27.4. The molecule has 2 fully saturated rings. The van der Waals surface area contributed by atoms with E-state index in [9.17, 15) is 30.0 Å². The van der Waals surface area contributed by atoms with Crippen molar-refractivity contribution in [2.24, 2.45) is 0 Å². The maximum absolute atomic E-state index is 11.8. The minimum absolute atomic E-state index is 0.228. The molecule has 0 aromatic carbocycles. The van der Waals surface area contributed by atoms with Gasteiger partial charge in [0.05, 0.1) is 33.5 Å². The molecule has 0 aromatic rings. The summed E-state index contributed by atoms with van der Waals surface area (Å²) in [5.74, 6) is 0. The molecule has 2 saturated heterocycles. The van der Waals surface area contributed by atoms with Crippen molar-refractivity contribution in [1.82, 2.24) is 0 Å². The van der Waals surface area contributed by atoms with Crippen molar-refractivity contribution in [2.75, 3.05) is 46.8 Å². The second-order valence-corrected chi connectivity index (χ2v) is 10.0. The molecule has 0 aromatic heterocycles. The highest BCUT2D eigenvalue weighted by atomic mass is 32.3. The van der Waals surface area contributed by atoms with Crippen LogP contribution in [-0.2, 0) is 74.1 Å². The minimum atomic E-state index is -4.64. The fourth-order valence-corrected chi connectivity index (χ4v) is 4.63.